The molecule has 0 saturated carbocycles. The van der Waals surface area contributed by atoms with Gasteiger partial charge in [-0.05, 0) is 71.8 Å². The molecule has 0 radical (unpaired) electrons. The molecule has 6 nitrogen and oxygen atoms in total. The van der Waals surface area contributed by atoms with Crippen molar-refractivity contribution in [3.8, 4) is 9.75 Å². The second-order valence-corrected chi connectivity index (χ2v) is 13.2. The Morgan fingerprint density at radius 1 is 0.409 bits per heavy atom. The highest BCUT2D eigenvalue weighted by Gasteiger charge is 2.26. The van der Waals surface area contributed by atoms with E-state index >= 15 is 0 Å². The Morgan fingerprint density at radius 3 is 1.20 bits per heavy atom. The Kier molecular flexibility index (Phi) is 5.05. The molecule has 8 heteroatoms. The molecular formula is C36H20N6S2. The number of rotatable bonds is 3. The molecule has 0 unspecified atom stereocenters. The van der Waals surface area contributed by atoms with Gasteiger partial charge >= 0.3 is 0 Å². The fraction of sp³-hybridized carbons (Fsp3) is 0.0556. The molecule has 8 heterocycles. The summed E-state index contributed by atoms with van der Waals surface area (Å²) in [5.74, 6) is 0. The van der Waals surface area contributed by atoms with Crippen molar-refractivity contribution in [1.82, 2.24) is 19.9 Å². The quantitative estimate of drug-likeness (QED) is 0.190. The largest absolute Gasteiger partial charge is 0.254 e. The third-order valence-corrected chi connectivity index (χ3v) is 11.1. The van der Waals surface area contributed by atoms with Crippen LogP contribution >= 0.6 is 22.7 Å². The fourth-order valence-electron chi connectivity index (χ4n) is 6.66. The zero-order chi connectivity index (χ0) is 28.8. The summed E-state index contributed by atoms with van der Waals surface area (Å²) in [6, 6.07) is 25.3. The van der Waals surface area contributed by atoms with Gasteiger partial charge < -0.3 is 0 Å². The van der Waals surface area contributed by atoms with Crippen LogP contribution in [0.4, 0.5) is 11.4 Å². The first-order chi connectivity index (χ1) is 21.8. The predicted molar refractivity (Wildman–Crippen MR) is 182 cm³/mol. The summed E-state index contributed by atoms with van der Waals surface area (Å²) in [5, 5.41) is 4.40. The molecule has 10 rings (SSSR count). The lowest BCUT2D eigenvalue weighted by Crippen LogP contribution is -1.98. The van der Waals surface area contributed by atoms with Crippen LogP contribution in [0.1, 0.15) is 20.9 Å². The summed E-state index contributed by atoms with van der Waals surface area (Å²) < 4.78 is 0. The second kappa shape index (κ2) is 9.16. The lowest BCUT2D eigenvalue weighted by Gasteiger charge is -2.08. The van der Waals surface area contributed by atoms with E-state index in [9.17, 15) is 0 Å². The van der Waals surface area contributed by atoms with Gasteiger partial charge in [0.1, 0.15) is 0 Å². The summed E-state index contributed by atoms with van der Waals surface area (Å²) in [5.41, 5.74) is 10.5. The van der Waals surface area contributed by atoms with E-state index in [-0.39, 0.29) is 0 Å². The number of pyridine rings is 4. The van der Waals surface area contributed by atoms with Crippen LogP contribution in [-0.2, 0) is 12.8 Å². The number of benzene rings is 2. The smallest absolute Gasteiger partial charge is 0.0986 e. The highest BCUT2D eigenvalue weighted by atomic mass is 32.1. The van der Waals surface area contributed by atoms with Gasteiger partial charge in [-0.3, -0.25) is 29.9 Å². The zero-order valence-electron chi connectivity index (χ0n) is 23.2. The van der Waals surface area contributed by atoms with E-state index in [1.54, 1.807) is 22.7 Å². The van der Waals surface area contributed by atoms with Crippen molar-refractivity contribution in [2.75, 3.05) is 0 Å². The maximum absolute atomic E-state index is 5.18. The number of fused-ring (bicyclic) bond motifs is 12. The molecule has 2 aliphatic heterocycles. The number of aliphatic imine (C=N–C) groups is 2. The van der Waals surface area contributed by atoms with Crippen LogP contribution in [0.25, 0.3) is 53.4 Å². The van der Waals surface area contributed by atoms with Crippen LogP contribution in [0.5, 0.6) is 0 Å². The van der Waals surface area contributed by atoms with E-state index < -0.39 is 0 Å². The molecule has 206 valence electrons. The van der Waals surface area contributed by atoms with Gasteiger partial charge in [0.15, 0.2) is 0 Å². The molecule has 44 heavy (non-hydrogen) atoms. The van der Waals surface area contributed by atoms with Crippen molar-refractivity contribution >= 4 is 89.1 Å². The van der Waals surface area contributed by atoms with E-state index in [0.717, 1.165) is 79.3 Å². The monoisotopic (exact) mass is 600 g/mol. The van der Waals surface area contributed by atoms with E-state index in [1.165, 1.54) is 30.6 Å². The third-order valence-electron chi connectivity index (χ3n) is 8.62. The second-order valence-electron chi connectivity index (χ2n) is 11.1. The van der Waals surface area contributed by atoms with Gasteiger partial charge in [-0.25, -0.2) is 0 Å². The zero-order valence-corrected chi connectivity index (χ0v) is 24.8. The minimum atomic E-state index is 0.790. The summed E-state index contributed by atoms with van der Waals surface area (Å²) in [7, 11) is 0. The third kappa shape index (κ3) is 3.46. The highest BCUT2D eigenvalue weighted by Crippen LogP contribution is 2.45. The maximum Gasteiger partial charge on any atom is 0.0986 e. The van der Waals surface area contributed by atoms with E-state index in [1.807, 2.05) is 49.1 Å². The average Bonchev–Trinajstić information content (AvgIpc) is 3.90. The molecule has 0 atom stereocenters. The van der Waals surface area contributed by atoms with Crippen molar-refractivity contribution < 1.29 is 0 Å². The van der Waals surface area contributed by atoms with Crippen LogP contribution in [0.2, 0.25) is 0 Å². The van der Waals surface area contributed by atoms with Crippen molar-refractivity contribution in [1.29, 1.82) is 0 Å². The summed E-state index contributed by atoms with van der Waals surface area (Å²) in [6.45, 7) is 0. The van der Waals surface area contributed by atoms with Crippen LogP contribution in [-0.4, -0.2) is 31.4 Å². The first-order valence-electron chi connectivity index (χ1n) is 14.4. The predicted octanol–water partition coefficient (Wildman–Crippen LogP) is 9.02. The van der Waals surface area contributed by atoms with Gasteiger partial charge in [0.05, 0.1) is 44.9 Å². The van der Waals surface area contributed by atoms with E-state index in [2.05, 4.69) is 68.5 Å². The van der Waals surface area contributed by atoms with E-state index in [4.69, 9.17) is 9.98 Å². The number of hydrogen-bond donors (Lipinski definition) is 0. The first kappa shape index (κ1) is 24.3. The molecule has 2 aliphatic rings. The Morgan fingerprint density at radius 2 is 0.773 bits per heavy atom. The molecule has 0 aliphatic carbocycles. The van der Waals surface area contributed by atoms with Crippen molar-refractivity contribution in [2.24, 2.45) is 9.98 Å². The van der Waals surface area contributed by atoms with Gasteiger partial charge in [-0.2, -0.15) is 0 Å². The molecule has 0 fully saturated rings. The maximum atomic E-state index is 5.18. The molecule has 8 aromatic rings. The fourth-order valence-corrected chi connectivity index (χ4v) is 8.73. The number of thiophene rings is 2. The summed E-state index contributed by atoms with van der Waals surface area (Å²) in [6.07, 6.45) is 8.93. The molecule has 0 N–H and O–H groups in total. The summed E-state index contributed by atoms with van der Waals surface area (Å²) >= 11 is 3.61. The number of nitrogens with zero attached hydrogens (tertiary/aromatic N) is 6. The van der Waals surface area contributed by atoms with Crippen LogP contribution < -0.4 is 0 Å². The van der Waals surface area contributed by atoms with Gasteiger partial charge in [0.2, 0.25) is 0 Å². The average molecular weight is 601 g/mol. The first-order valence-corrected chi connectivity index (χ1v) is 16.1. The molecule has 2 aromatic carbocycles. The minimum absolute atomic E-state index is 0.790. The normalized spacial score (nSPS) is 14.0. The Labute approximate surface area is 259 Å². The van der Waals surface area contributed by atoms with Gasteiger partial charge in [-0.1, -0.05) is 12.1 Å². The summed E-state index contributed by atoms with van der Waals surface area (Å²) in [4.78, 5) is 33.9. The van der Waals surface area contributed by atoms with Crippen molar-refractivity contribution in [3.63, 3.8) is 0 Å². The number of aromatic nitrogens is 4. The standard InChI is InChI=1S/C36H20N6S2/c1-5-19-23-17-25(41-31(23)21-7-3-15-39-35(21)33(19)37-13-1)27-9-11-29(43-27)30-12-10-28(44-30)26-18-24-20-6-2-14-38-34(20)36-22(32(24)42-26)8-4-16-40-36/h1-16H,17-18H2. The van der Waals surface area contributed by atoms with Crippen molar-refractivity contribution in [3.05, 3.63) is 118 Å². The minimum Gasteiger partial charge on any atom is -0.254 e. The molecule has 0 bridgehead atoms. The Balaban J connectivity index is 1.00. The molecule has 0 spiro atoms. The number of hydrogen-bond acceptors (Lipinski definition) is 8. The van der Waals surface area contributed by atoms with Crippen molar-refractivity contribution in [2.45, 2.75) is 12.8 Å². The van der Waals surface area contributed by atoms with E-state index in [0.29, 0.717) is 0 Å². The lowest BCUT2D eigenvalue weighted by molar-refractivity contribution is 1.35. The topological polar surface area (TPSA) is 76.3 Å². The lowest BCUT2D eigenvalue weighted by atomic mass is 9.99. The molecule has 6 aromatic heterocycles. The SMILES string of the molecule is c1cnc2c(c1)c1c(c3cccnc32)N=C(c2ccc(-c3ccc(C4=Nc5c(c6cccnc6c6ncccc56)C4)s3)s2)C1. The van der Waals surface area contributed by atoms with Crippen LogP contribution in [0.3, 0.4) is 0 Å². The van der Waals surface area contributed by atoms with Gasteiger partial charge in [0.25, 0.3) is 0 Å². The van der Waals surface area contributed by atoms with Crippen LogP contribution in [0, 0.1) is 0 Å². The molecular weight excluding hydrogens is 581 g/mol. The Bertz CT molecular complexity index is 2400. The van der Waals surface area contributed by atoms with Gasteiger partial charge in [0, 0.05) is 78.7 Å². The molecule has 0 saturated heterocycles. The molecule has 0 amide bonds. The van der Waals surface area contributed by atoms with Gasteiger partial charge in [-0.15, -0.1) is 22.7 Å². The Hall–Kier alpha value is -5.18. The highest BCUT2D eigenvalue weighted by molar-refractivity contribution is 7.24. The van der Waals surface area contributed by atoms with Crippen LogP contribution in [0.15, 0.2) is 108 Å².